The Hall–Kier alpha value is -3.39. The van der Waals surface area contributed by atoms with Crippen molar-refractivity contribution in [3.8, 4) is 0 Å². The third-order valence-electron chi connectivity index (χ3n) is 7.97. The summed E-state index contributed by atoms with van der Waals surface area (Å²) >= 11 is 17.6. The van der Waals surface area contributed by atoms with Gasteiger partial charge in [0.05, 0.1) is 10.0 Å². The SMILES string of the molecule is O=C(Nc1ccc(C2CCNC2)cc1)c1ccc(Cl)c(Cl)c1.O=C(Nc1ccc(C2CCNCC2)cc1)c1ccc(Cl)cc1. The Kier molecular flexibility index (Phi) is 11.3. The van der Waals surface area contributed by atoms with Gasteiger partial charge in [-0.1, -0.05) is 59.1 Å². The minimum Gasteiger partial charge on any atom is -0.322 e. The highest BCUT2D eigenvalue weighted by Crippen LogP contribution is 2.27. The van der Waals surface area contributed by atoms with Gasteiger partial charge in [-0.2, -0.15) is 0 Å². The maximum absolute atomic E-state index is 12.2. The summed E-state index contributed by atoms with van der Waals surface area (Å²) in [5.41, 5.74) is 5.33. The van der Waals surface area contributed by atoms with Gasteiger partial charge in [0.2, 0.25) is 0 Å². The summed E-state index contributed by atoms with van der Waals surface area (Å²) in [7, 11) is 0. The van der Waals surface area contributed by atoms with Gasteiger partial charge in [0, 0.05) is 34.1 Å². The van der Waals surface area contributed by atoms with Crippen LogP contribution in [0.15, 0.2) is 91.0 Å². The third-order valence-corrected chi connectivity index (χ3v) is 8.96. The highest BCUT2D eigenvalue weighted by atomic mass is 35.5. The Labute approximate surface area is 273 Å². The number of carbonyl (C=O) groups excluding carboxylic acids is 2. The molecule has 2 fully saturated rings. The third kappa shape index (κ3) is 8.84. The van der Waals surface area contributed by atoms with Crippen molar-refractivity contribution < 1.29 is 9.59 Å². The molecular weight excluding hydrogens is 615 g/mol. The van der Waals surface area contributed by atoms with Gasteiger partial charge < -0.3 is 21.3 Å². The molecule has 9 heteroatoms. The van der Waals surface area contributed by atoms with Crippen molar-refractivity contribution >= 4 is 58.0 Å². The predicted octanol–water partition coefficient (Wildman–Crippen LogP) is 8.38. The van der Waals surface area contributed by atoms with Gasteiger partial charge in [0.1, 0.15) is 0 Å². The lowest BCUT2D eigenvalue weighted by molar-refractivity contribution is 0.101. The molecule has 4 aromatic carbocycles. The van der Waals surface area contributed by atoms with E-state index in [0.717, 1.165) is 44.0 Å². The molecule has 6 rings (SSSR count). The van der Waals surface area contributed by atoms with Crippen LogP contribution in [-0.2, 0) is 0 Å². The molecule has 228 valence electrons. The van der Waals surface area contributed by atoms with Crippen LogP contribution < -0.4 is 21.3 Å². The number of nitrogens with one attached hydrogen (secondary N) is 4. The highest BCUT2D eigenvalue weighted by molar-refractivity contribution is 6.42. The molecule has 0 radical (unpaired) electrons. The number of anilines is 2. The first kappa shape index (κ1) is 32.0. The zero-order valence-corrected chi connectivity index (χ0v) is 26.5. The van der Waals surface area contributed by atoms with Crippen LogP contribution in [0.4, 0.5) is 11.4 Å². The molecule has 4 N–H and O–H groups in total. The lowest BCUT2D eigenvalue weighted by Crippen LogP contribution is -2.26. The number of hydrogen-bond acceptors (Lipinski definition) is 4. The average Bonchev–Trinajstić information content (AvgIpc) is 3.59. The van der Waals surface area contributed by atoms with Gasteiger partial charge >= 0.3 is 0 Å². The minimum atomic E-state index is -0.200. The van der Waals surface area contributed by atoms with Gasteiger partial charge in [-0.3, -0.25) is 9.59 Å². The number of carbonyl (C=O) groups is 2. The van der Waals surface area contributed by atoms with Gasteiger partial charge in [0.15, 0.2) is 0 Å². The van der Waals surface area contributed by atoms with Gasteiger partial charge in [0.25, 0.3) is 11.8 Å². The van der Waals surface area contributed by atoms with E-state index in [-0.39, 0.29) is 11.8 Å². The first-order valence-electron chi connectivity index (χ1n) is 14.8. The molecule has 6 nitrogen and oxygen atoms in total. The summed E-state index contributed by atoms with van der Waals surface area (Å²) in [4.78, 5) is 24.3. The second-order valence-corrected chi connectivity index (χ2v) is 12.3. The van der Waals surface area contributed by atoms with E-state index < -0.39 is 0 Å². The van der Waals surface area contributed by atoms with Crippen LogP contribution >= 0.6 is 34.8 Å². The van der Waals surface area contributed by atoms with E-state index in [0.29, 0.717) is 38.0 Å². The molecule has 1 unspecified atom stereocenters. The van der Waals surface area contributed by atoms with E-state index >= 15 is 0 Å². The van der Waals surface area contributed by atoms with Crippen molar-refractivity contribution in [2.45, 2.75) is 31.1 Å². The summed E-state index contributed by atoms with van der Waals surface area (Å²) in [5.74, 6) is 0.877. The molecule has 44 heavy (non-hydrogen) atoms. The number of benzene rings is 4. The van der Waals surface area contributed by atoms with Crippen LogP contribution in [0.2, 0.25) is 15.1 Å². The zero-order valence-electron chi connectivity index (χ0n) is 24.2. The molecule has 4 aromatic rings. The van der Waals surface area contributed by atoms with Crippen molar-refractivity contribution in [1.82, 2.24) is 10.6 Å². The first-order valence-corrected chi connectivity index (χ1v) is 15.9. The fourth-order valence-electron chi connectivity index (χ4n) is 5.42. The molecule has 2 aliphatic rings. The minimum absolute atomic E-state index is 0.119. The second-order valence-electron chi connectivity index (χ2n) is 11.0. The van der Waals surface area contributed by atoms with Crippen molar-refractivity contribution in [3.63, 3.8) is 0 Å². The number of amides is 2. The number of piperidine rings is 1. The maximum atomic E-state index is 12.2. The molecule has 2 saturated heterocycles. The van der Waals surface area contributed by atoms with Crippen molar-refractivity contribution in [2.24, 2.45) is 0 Å². The van der Waals surface area contributed by atoms with Crippen molar-refractivity contribution in [2.75, 3.05) is 36.8 Å². The Balaban J connectivity index is 0.000000175. The van der Waals surface area contributed by atoms with Gasteiger partial charge in [-0.15, -0.1) is 0 Å². The van der Waals surface area contributed by atoms with Crippen LogP contribution in [0.3, 0.4) is 0 Å². The van der Waals surface area contributed by atoms with Crippen LogP contribution in [0.1, 0.15) is 62.9 Å². The second kappa shape index (κ2) is 15.6. The van der Waals surface area contributed by atoms with Crippen LogP contribution in [0, 0.1) is 0 Å². The molecular formula is C35H35Cl3N4O2. The first-order chi connectivity index (χ1) is 21.4. The van der Waals surface area contributed by atoms with Crippen molar-refractivity contribution in [3.05, 3.63) is 128 Å². The zero-order chi connectivity index (χ0) is 30.9. The van der Waals surface area contributed by atoms with E-state index in [1.165, 1.54) is 24.0 Å². The maximum Gasteiger partial charge on any atom is 0.255 e. The molecule has 2 aliphatic heterocycles. The summed E-state index contributed by atoms with van der Waals surface area (Å²) in [6.07, 6.45) is 3.52. The molecule has 1 atom stereocenters. The fourth-order valence-corrected chi connectivity index (χ4v) is 5.84. The summed E-state index contributed by atoms with van der Waals surface area (Å²) in [5, 5.41) is 14.0. The van der Waals surface area contributed by atoms with Gasteiger partial charge in [-0.25, -0.2) is 0 Å². The molecule has 2 amide bonds. The summed E-state index contributed by atoms with van der Waals surface area (Å²) in [6, 6.07) is 27.9. The monoisotopic (exact) mass is 648 g/mol. The van der Waals surface area contributed by atoms with Crippen LogP contribution in [0.25, 0.3) is 0 Å². The Bertz CT molecular complexity index is 1550. The molecule has 0 aliphatic carbocycles. The largest absolute Gasteiger partial charge is 0.322 e. The Morgan fingerprint density at radius 1 is 0.568 bits per heavy atom. The molecule has 0 bridgehead atoms. The summed E-state index contributed by atoms with van der Waals surface area (Å²) in [6.45, 7) is 4.26. The van der Waals surface area contributed by atoms with Crippen LogP contribution in [-0.4, -0.2) is 38.0 Å². The van der Waals surface area contributed by atoms with Crippen molar-refractivity contribution in [1.29, 1.82) is 0 Å². The Morgan fingerprint density at radius 3 is 1.61 bits per heavy atom. The fraction of sp³-hybridized carbons (Fsp3) is 0.257. The lowest BCUT2D eigenvalue weighted by Gasteiger charge is -2.23. The van der Waals surface area contributed by atoms with E-state index in [1.807, 2.05) is 24.3 Å². The topological polar surface area (TPSA) is 82.3 Å². The normalized spacial score (nSPS) is 16.5. The summed E-state index contributed by atoms with van der Waals surface area (Å²) < 4.78 is 0. The molecule has 0 saturated carbocycles. The quantitative estimate of drug-likeness (QED) is 0.169. The van der Waals surface area contributed by atoms with E-state index in [2.05, 4.69) is 45.5 Å². The highest BCUT2D eigenvalue weighted by Gasteiger charge is 2.17. The molecule has 0 aromatic heterocycles. The lowest BCUT2D eigenvalue weighted by atomic mass is 9.90. The molecule has 2 heterocycles. The predicted molar refractivity (Wildman–Crippen MR) is 182 cm³/mol. The average molecular weight is 650 g/mol. The molecule has 0 spiro atoms. The van der Waals surface area contributed by atoms with E-state index in [1.54, 1.807) is 42.5 Å². The number of hydrogen-bond donors (Lipinski definition) is 4. The standard InChI is InChI=1S/C18H19ClN2O.C17H16Cl2N2O/c19-16-5-1-15(2-6-16)18(22)21-17-7-3-13(4-8-17)14-9-11-20-12-10-14;18-15-6-3-12(9-16(15)19)17(22)21-14-4-1-11(2-5-14)13-7-8-20-10-13/h1-8,14,20H,9-12H2,(H,21,22);1-6,9,13,20H,7-8,10H2,(H,21,22). The number of halogens is 3. The van der Waals surface area contributed by atoms with Gasteiger partial charge in [-0.05, 0) is 129 Å². The van der Waals surface area contributed by atoms with Crippen LogP contribution in [0.5, 0.6) is 0 Å². The Morgan fingerprint density at radius 2 is 1.07 bits per heavy atom. The smallest absolute Gasteiger partial charge is 0.255 e. The van der Waals surface area contributed by atoms with E-state index in [9.17, 15) is 9.59 Å². The number of rotatable bonds is 6. The van der Waals surface area contributed by atoms with E-state index in [4.69, 9.17) is 34.8 Å².